The van der Waals surface area contributed by atoms with Crippen LogP contribution < -0.4 is 34.7 Å². The minimum absolute atomic E-state index is 0. The first-order chi connectivity index (χ1) is 8.50. The summed E-state index contributed by atoms with van der Waals surface area (Å²) in [5.41, 5.74) is 0. The minimum Gasteiger partial charge on any atom is -0.547 e. The van der Waals surface area contributed by atoms with Crippen LogP contribution in [0.5, 0.6) is 0 Å². The number of fused-ring (bicyclic) bond motifs is 1. The Balaban J connectivity index is 0.00000180. The van der Waals surface area contributed by atoms with Crippen molar-refractivity contribution in [1.29, 1.82) is 0 Å². The Labute approximate surface area is 136 Å². The number of aliphatic carboxylic acids is 1. The average molecular weight is 294 g/mol. The molecule has 0 radical (unpaired) electrons. The van der Waals surface area contributed by atoms with Gasteiger partial charge in [0.25, 0.3) is 0 Å². The van der Waals surface area contributed by atoms with Crippen molar-refractivity contribution in [2.75, 3.05) is 6.61 Å². The van der Waals surface area contributed by atoms with Crippen molar-refractivity contribution in [2.24, 2.45) is 5.16 Å². The number of ketones is 1. The van der Waals surface area contributed by atoms with Crippen LogP contribution in [0.15, 0.2) is 5.16 Å². The van der Waals surface area contributed by atoms with Gasteiger partial charge in [0.15, 0.2) is 0 Å². The molecule has 0 spiro atoms. The van der Waals surface area contributed by atoms with Gasteiger partial charge in [0.1, 0.15) is 23.5 Å². The molecule has 98 valence electrons. The van der Waals surface area contributed by atoms with Gasteiger partial charge in [-0.2, -0.15) is 0 Å². The third kappa shape index (κ3) is 3.50. The minimum atomic E-state index is -1.37. The van der Waals surface area contributed by atoms with Gasteiger partial charge in [-0.3, -0.25) is 9.59 Å². The quantitative estimate of drug-likeness (QED) is 0.220. The second-order valence-electron chi connectivity index (χ2n) is 4.01. The maximum absolute atomic E-state index is 11.3. The number of carboxylic acids is 1. The number of thioether (sulfide) groups is 1. The van der Waals surface area contributed by atoms with Crippen molar-refractivity contribution in [2.45, 2.75) is 31.2 Å². The Morgan fingerprint density at radius 1 is 1.58 bits per heavy atom. The molecular formula is C10H11N2NaO5S. The molecule has 2 atom stereocenters. The predicted molar refractivity (Wildman–Crippen MR) is 60.3 cm³/mol. The molecule has 2 aliphatic rings. The first-order valence-electron chi connectivity index (χ1n) is 5.38. The molecule has 19 heavy (non-hydrogen) atoms. The van der Waals surface area contributed by atoms with E-state index in [9.17, 15) is 19.5 Å². The SMILES string of the molecule is CC(=O)CCON=C1S[C@H]2CC(=O)N2C1C(=O)[O-].[Na+]. The summed E-state index contributed by atoms with van der Waals surface area (Å²) < 4.78 is 0. The molecule has 2 heterocycles. The zero-order valence-corrected chi connectivity index (χ0v) is 13.4. The zero-order chi connectivity index (χ0) is 13.3. The molecule has 2 fully saturated rings. The number of hydrogen-bond donors (Lipinski definition) is 0. The van der Waals surface area contributed by atoms with Crippen LogP contribution in [-0.4, -0.2) is 45.6 Å². The first kappa shape index (κ1) is 16.5. The summed E-state index contributed by atoms with van der Waals surface area (Å²) in [7, 11) is 0. The van der Waals surface area contributed by atoms with Crippen molar-refractivity contribution < 1.29 is 53.9 Å². The number of rotatable bonds is 5. The molecular weight excluding hydrogens is 283 g/mol. The number of nitrogens with zero attached hydrogens (tertiary/aromatic N) is 2. The fraction of sp³-hybridized carbons (Fsp3) is 0.600. The van der Waals surface area contributed by atoms with Crippen LogP contribution in [0.25, 0.3) is 0 Å². The predicted octanol–water partition coefficient (Wildman–Crippen LogP) is -4.28. The molecule has 1 unspecified atom stereocenters. The molecule has 0 bridgehead atoms. The summed E-state index contributed by atoms with van der Waals surface area (Å²) in [5, 5.41) is 14.7. The summed E-state index contributed by atoms with van der Waals surface area (Å²) in [6.07, 6.45) is 0.518. The third-order valence-electron chi connectivity index (χ3n) is 2.64. The van der Waals surface area contributed by atoms with Crippen LogP contribution in [0, 0.1) is 0 Å². The standard InChI is InChI=1S/C10H12N2O5S.Na/c1-5(13)2-3-17-11-9-8(10(15)16)12-6(14)4-7(12)18-9;/h7-8H,2-4H2,1H3,(H,15,16);/q;+1/p-1/t7-,8?;/m0./s1. The van der Waals surface area contributed by atoms with Gasteiger partial charge in [0, 0.05) is 6.42 Å². The van der Waals surface area contributed by atoms with E-state index in [1.54, 1.807) is 0 Å². The Morgan fingerprint density at radius 3 is 2.79 bits per heavy atom. The molecule has 0 N–H and O–H groups in total. The van der Waals surface area contributed by atoms with E-state index in [0.717, 1.165) is 0 Å². The molecule has 7 nitrogen and oxygen atoms in total. The number of amides is 1. The molecule has 2 rings (SSSR count). The van der Waals surface area contributed by atoms with Crippen molar-refractivity contribution >= 4 is 34.5 Å². The average Bonchev–Trinajstić information content (AvgIpc) is 2.57. The third-order valence-corrected chi connectivity index (χ3v) is 3.84. The molecule has 1 amide bonds. The summed E-state index contributed by atoms with van der Waals surface area (Å²) in [6.45, 7) is 1.52. The number of β-lactam (4-membered cyclic amide) rings is 1. The molecule has 2 aliphatic heterocycles. The smallest absolute Gasteiger partial charge is 0.547 e. The zero-order valence-electron chi connectivity index (χ0n) is 10.6. The van der Waals surface area contributed by atoms with Gasteiger partial charge in [-0.05, 0) is 6.92 Å². The maximum atomic E-state index is 11.3. The van der Waals surface area contributed by atoms with Crippen LogP contribution in [0.3, 0.4) is 0 Å². The number of carboxylic acid groups (broad SMARTS) is 1. The van der Waals surface area contributed by atoms with E-state index in [-0.39, 0.29) is 64.7 Å². The van der Waals surface area contributed by atoms with E-state index in [1.807, 2.05) is 0 Å². The summed E-state index contributed by atoms with van der Waals surface area (Å²) in [6, 6.07) is -1.15. The van der Waals surface area contributed by atoms with Crippen molar-refractivity contribution in [3.8, 4) is 0 Å². The topological polar surface area (TPSA) is 99.1 Å². The normalized spacial score (nSPS) is 26.5. The fourth-order valence-electron chi connectivity index (χ4n) is 1.72. The second kappa shape index (κ2) is 6.74. The van der Waals surface area contributed by atoms with E-state index in [1.165, 1.54) is 23.6 Å². The summed E-state index contributed by atoms with van der Waals surface area (Å²) >= 11 is 1.18. The van der Waals surface area contributed by atoms with Crippen LogP contribution in [0.2, 0.25) is 0 Å². The fourth-order valence-corrected chi connectivity index (χ4v) is 3.01. The van der Waals surface area contributed by atoms with Crippen LogP contribution in [-0.2, 0) is 19.2 Å². The van der Waals surface area contributed by atoms with E-state index in [0.29, 0.717) is 6.42 Å². The van der Waals surface area contributed by atoms with Gasteiger partial charge in [0.2, 0.25) is 5.91 Å². The number of hydrogen-bond acceptors (Lipinski definition) is 7. The molecule has 0 aromatic carbocycles. The van der Waals surface area contributed by atoms with E-state index < -0.39 is 12.0 Å². The van der Waals surface area contributed by atoms with Crippen LogP contribution in [0.1, 0.15) is 19.8 Å². The Hall–Kier alpha value is -0.570. The molecule has 0 saturated carbocycles. The molecule has 9 heteroatoms. The van der Waals surface area contributed by atoms with Gasteiger partial charge in [-0.1, -0.05) is 16.9 Å². The molecule has 2 saturated heterocycles. The van der Waals surface area contributed by atoms with Crippen molar-refractivity contribution in [3.05, 3.63) is 0 Å². The molecule has 0 aromatic heterocycles. The summed E-state index contributed by atoms with van der Waals surface area (Å²) in [5.74, 6) is -1.63. The Bertz CT molecular complexity index is 442. The van der Waals surface area contributed by atoms with Crippen molar-refractivity contribution in [1.82, 2.24) is 4.90 Å². The van der Waals surface area contributed by atoms with E-state index in [4.69, 9.17) is 4.84 Å². The Kier molecular flexibility index (Phi) is 5.84. The number of carbonyl (C=O) groups excluding carboxylic acids is 3. The van der Waals surface area contributed by atoms with Gasteiger partial charge < -0.3 is 19.6 Å². The van der Waals surface area contributed by atoms with Gasteiger partial charge in [0.05, 0.1) is 17.8 Å². The Morgan fingerprint density at radius 2 is 2.26 bits per heavy atom. The van der Waals surface area contributed by atoms with Gasteiger partial charge in [-0.15, -0.1) is 0 Å². The van der Waals surface area contributed by atoms with Gasteiger partial charge >= 0.3 is 29.6 Å². The van der Waals surface area contributed by atoms with Gasteiger partial charge in [-0.25, -0.2) is 0 Å². The largest absolute Gasteiger partial charge is 1.00 e. The molecule has 0 aliphatic carbocycles. The van der Waals surface area contributed by atoms with Crippen LogP contribution >= 0.6 is 11.8 Å². The number of Topliss-reactive ketones (excluding diaryl/α,β-unsaturated/α-hetero) is 1. The monoisotopic (exact) mass is 294 g/mol. The van der Waals surface area contributed by atoms with Crippen LogP contribution in [0.4, 0.5) is 0 Å². The number of oxime groups is 1. The molecule has 0 aromatic rings. The summed E-state index contributed by atoms with van der Waals surface area (Å²) in [4.78, 5) is 39.0. The number of carbonyl (C=O) groups is 3. The van der Waals surface area contributed by atoms with E-state index >= 15 is 0 Å². The first-order valence-corrected chi connectivity index (χ1v) is 6.26. The maximum Gasteiger partial charge on any atom is 1.00 e. The van der Waals surface area contributed by atoms with Crippen molar-refractivity contribution in [3.63, 3.8) is 0 Å². The second-order valence-corrected chi connectivity index (χ2v) is 5.21. The van der Waals surface area contributed by atoms with E-state index in [2.05, 4.69) is 5.16 Å².